The second kappa shape index (κ2) is 10.1. The zero-order chi connectivity index (χ0) is 24.0. The number of hydrogen-bond donors (Lipinski definition) is 3. The number of aromatic nitrogens is 3. The summed E-state index contributed by atoms with van der Waals surface area (Å²) in [4.78, 5) is 46.8. The van der Waals surface area contributed by atoms with Crippen LogP contribution in [0.15, 0.2) is 6.20 Å². The van der Waals surface area contributed by atoms with Gasteiger partial charge in [0.15, 0.2) is 0 Å². The second-order valence-electron chi connectivity index (χ2n) is 7.50. The molecular weight excluding hydrogens is 422 g/mol. The summed E-state index contributed by atoms with van der Waals surface area (Å²) in [5.41, 5.74) is -0.823. The number of methoxy groups -OCH3 is 1. The molecule has 0 radical (unpaired) electrons. The molecule has 1 aromatic rings. The van der Waals surface area contributed by atoms with Crippen molar-refractivity contribution in [3.63, 3.8) is 0 Å². The molecule has 3 amide bonds. The minimum Gasteiger partial charge on any atom is -0.467 e. The molecule has 1 heterocycles. The standard InChI is InChI=1S/C17H26F2N6O6/c1-9(22-15(29)31-16(3,4)5)12(26)20-7-11-8-25(24-23-11)17(18,19)14(28)21-10(2)13(27)30-6/h8-10H,7H2,1-6H3,(H,20,26)(H,21,28)(H,22,29)/t9-,10-/m0/s1. The van der Waals surface area contributed by atoms with Crippen LogP contribution >= 0.6 is 0 Å². The van der Waals surface area contributed by atoms with Gasteiger partial charge in [0.2, 0.25) is 5.91 Å². The maximum absolute atomic E-state index is 14.2. The van der Waals surface area contributed by atoms with E-state index >= 15 is 0 Å². The van der Waals surface area contributed by atoms with Crippen molar-refractivity contribution >= 4 is 23.9 Å². The van der Waals surface area contributed by atoms with Crippen molar-refractivity contribution in [3.8, 4) is 0 Å². The first kappa shape index (κ1) is 25.7. The lowest BCUT2D eigenvalue weighted by Gasteiger charge is -2.21. The van der Waals surface area contributed by atoms with Gasteiger partial charge in [0, 0.05) is 0 Å². The zero-order valence-corrected chi connectivity index (χ0v) is 18.0. The molecule has 0 bridgehead atoms. The predicted octanol–water partition coefficient (Wildman–Crippen LogP) is 0.0345. The van der Waals surface area contributed by atoms with Crippen LogP contribution in [0.25, 0.3) is 0 Å². The number of alkyl halides is 2. The number of esters is 1. The Morgan fingerprint density at radius 2 is 1.74 bits per heavy atom. The number of halogens is 2. The normalized spacial score (nSPS) is 13.5. The minimum absolute atomic E-state index is 0.00377. The lowest BCUT2D eigenvalue weighted by molar-refractivity contribution is -0.166. The van der Waals surface area contributed by atoms with Crippen LogP contribution in [0.5, 0.6) is 0 Å². The average molecular weight is 448 g/mol. The summed E-state index contributed by atoms with van der Waals surface area (Å²) in [5.74, 6) is -3.32. The zero-order valence-electron chi connectivity index (χ0n) is 18.0. The molecule has 0 unspecified atom stereocenters. The molecule has 0 fully saturated rings. The van der Waals surface area contributed by atoms with Crippen molar-refractivity contribution in [2.75, 3.05) is 7.11 Å². The fraction of sp³-hybridized carbons (Fsp3) is 0.647. The van der Waals surface area contributed by atoms with Gasteiger partial charge in [-0.25, -0.2) is 9.59 Å². The van der Waals surface area contributed by atoms with Gasteiger partial charge in [0.05, 0.1) is 19.9 Å². The van der Waals surface area contributed by atoms with E-state index in [0.717, 1.165) is 13.3 Å². The van der Waals surface area contributed by atoms with Crippen LogP contribution in [0.2, 0.25) is 0 Å². The average Bonchev–Trinajstić information content (AvgIpc) is 3.13. The highest BCUT2D eigenvalue weighted by molar-refractivity contribution is 5.87. The summed E-state index contributed by atoms with van der Waals surface area (Å²) in [6, 6.07) is -6.43. The maximum Gasteiger partial charge on any atom is 0.423 e. The summed E-state index contributed by atoms with van der Waals surface area (Å²) in [5, 5.41) is 13.2. The Balaban J connectivity index is 2.65. The molecule has 14 heteroatoms. The number of ether oxygens (including phenoxy) is 2. The van der Waals surface area contributed by atoms with E-state index in [4.69, 9.17) is 4.74 Å². The van der Waals surface area contributed by atoms with Gasteiger partial charge in [0.25, 0.3) is 0 Å². The first-order chi connectivity index (χ1) is 14.2. The molecule has 0 spiro atoms. The fourth-order valence-corrected chi connectivity index (χ4v) is 2.02. The van der Waals surface area contributed by atoms with Gasteiger partial charge < -0.3 is 25.4 Å². The molecule has 2 atom stereocenters. The minimum atomic E-state index is -4.15. The summed E-state index contributed by atoms with van der Waals surface area (Å²) < 4.78 is 37.9. The van der Waals surface area contributed by atoms with Gasteiger partial charge in [-0.15, -0.1) is 5.10 Å². The van der Waals surface area contributed by atoms with E-state index < -0.39 is 47.6 Å². The highest BCUT2D eigenvalue weighted by Crippen LogP contribution is 2.20. The number of rotatable bonds is 8. The molecule has 0 aliphatic rings. The lowest BCUT2D eigenvalue weighted by Crippen LogP contribution is -2.48. The molecule has 0 aliphatic carbocycles. The first-order valence-electron chi connectivity index (χ1n) is 9.13. The molecule has 0 saturated heterocycles. The SMILES string of the molecule is COC(=O)[C@H](C)NC(=O)C(F)(F)n1cc(CNC(=O)[C@H](C)NC(=O)OC(C)(C)C)nn1. The van der Waals surface area contributed by atoms with E-state index in [1.165, 1.54) is 13.8 Å². The highest BCUT2D eigenvalue weighted by Gasteiger charge is 2.43. The van der Waals surface area contributed by atoms with Crippen molar-refractivity contribution in [2.45, 2.75) is 64.9 Å². The van der Waals surface area contributed by atoms with Crippen LogP contribution in [0.1, 0.15) is 40.3 Å². The summed E-state index contributed by atoms with van der Waals surface area (Å²) in [6.07, 6.45) is -0.0396. The van der Waals surface area contributed by atoms with Crippen molar-refractivity contribution in [1.29, 1.82) is 0 Å². The first-order valence-corrected chi connectivity index (χ1v) is 9.13. The molecule has 31 heavy (non-hydrogen) atoms. The van der Waals surface area contributed by atoms with Crippen LogP contribution < -0.4 is 16.0 Å². The Bertz CT molecular complexity index is 822. The molecular formula is C17H26F2N6O6. The molecule has 1 aromatic heterocycles. The number of carbonyl (C=O) groups excluding carboxylic acids is 4. The van der Waals surface area contributed by atoms with Crippen LogP contribution in [0, 0.1) is 0 Å². The van der Waals surface area contributed by atoms with Crippen LogP contribution in [-0.2, 0) is 36.4 Å². The molecule has 12 nitrogen and oxygen atoms in total. The highest BCUT2D eigenvalue weighted by atomic mass is 19.3. The second-order valence-corrected chi connectivity index (χ2v) is 7.50. The Hall–Kier alpha value is -3.32. The maximum atomic E-state index is 14.2. The van der Waals surface area contributed by atoms with E-state index in [1.807, 2.05) is 0 Å². The number of carbonyl (C=O) groups is 4. The van der Waals surface area contributed by atoms with Crippen molar-refractivity contribution < 1.29 is 37.4 Å². The van der Waals surface area contributed by atoms with E-state index in [-0.39, 0.29) is 16.9 Å². The van der Waals surface area contributed by atoms with E-state index in [9.17, 15) is 28.0 Å². The van der Waals surface area contributed by atoms with Crippen molar-refractivity contribution in [2.24, 2.45) is 0 Å². The Morgan fingerprint density at radius 3 is 2.29 bits per heavy atom. The largest absolute Gasteiger partial charge is 0.467 e. The van der Waals surface area contributed by atoms with E-state index in [2.05, 4.69) is 25.7 Å². The smallest absolute Gasteiger partial charge is 0.423 e. The van der Waals surface area contributed by atoms with Gasteiger partial charge >= 0.3 is 24.0 Å². The monoisotopic (exact) mass is 448 g/mol. The molecule has 1 rings (SSSR count). The third-order valence-electron chi connectivity index (χ3n) is 3.57. The third kappa shape index (κ3) is 7.79. The molecule has 174 valence electrons. The van der Waals surface area contributed by atoms with E-state index in [1.54, 1.807) is 26.1 Å². The van der Waals surface area contributed by atoms with Gasteiger partial charge in [-0.1, -0.05) is 5.21 Å². The van der Waals surface area contributed by atoms with Gasteiger partial charge in [0.1, 0.15) is 23.4 Å². The number of alkyl carbamates (subject to hydrolysis) is 1. The molecule has 0 aliphatic heterocycles. The predicted molar refractivity (Wildman–Crippen MR) is 101 cm³/mol. The molecule has 0 aromatic carbocycles. The Kier molecular flexibility index (Phi) is 8.40. The van der Waals surface area contributed by atoms with Gasteiger partial charge in [-0.2, -0.15) is 13.5 Å². The Morgan fingerprint density at radius 1 is 1.13 bits per heavy atom. The molecule has 3 N–H and O–H groups in total. The number of nitrogens with one attached hydrogen (secondary N) is 3. The number of amides is 3. The van der Waals surface area contributed by atoms with Gasteiger partial charge in [-0.3, -0.25) is 9.59 Å². The summed E-state index contributed by atoms with van der Waals surface area (Å²) in [7, 11) is 1.05. The Labute approximate surface area is 177 Å². The van der Waals surface area contributed by atoms with E-state index in [0.29, 0.717) is 0 Å². The van der Waals surface area contributed by atoms with Crippen molar-refractivity contribution in [3.05, 3.63) is 11.9 Å². The van der Waals surface area contributed by atoms with Gasteiger partial charge in [-0.05, 0) is 34.6 Å². The van der Waals surface area contributed by atoms with Crippen LogP contribution in [0.4, 0.5) is 13.6 Å². The van der Waals surface area contributed by atoms with Crippen LogP contribution in [0.3, 0.4) is 0 Å². The lowest BCUT2D eigenvalue weighted by atomic mass is 10.2. The summed E-state index contributed by atoms with van der Waals surface area (Å²) in [6.45, 7) is 7.26. The quantitative estimate of drug-likeness (QED) is 0.471. The fourth-order valence-electron chi connectivity index (χ4n) is 2.02. The van der Waals surface area contributed by atoms with Crippen LogP contribution in [-0.4, -0.2) is 63.7 Å². The number of hydrogen-bond acceptors (Lipinski definition) is 8. The number of nitrogens with zero attached hydrogens (tertiary/aromatic N) is 3. The summed E-state index contributed by atoms with van der Waals surface area (Å²) >= 11 is 0. The topological polar surface area (TPSA) is 154 Å². The third-order valence-corrected chi connectivity index (χ3v) is 3.57. The van der Waals surface area contributed by atoms with Crippen molar-refractivity contribution in [1.82, 2.24) is 30.9 Å². The molecule has 0 saturated carbocycles.